The van der Waals surface area contributed by atoms with Crippen molar-refractivity contribution >= 4 is 11.8 Å². The summed E-state index contributed by atoms with van der Waals surface area (Å²) < 4.78 is 5.49. The number of aliphatic hydroxyl groups excluding tert-OH is 1. The molecule has 19 heavy (non-hydrogen) atoms. The zero-order chi connectivity index (χ0) is 14.2. The molecule has 0 aliphatic heterocycles. The largest absolute Gasteiger partial charge is 0.389 e. The molecule has 0 amide bonds. The Labute approximate surface area is 123 Å². The highest BCUT2D eigenvalue weighted by atomic mass is 32.2. The predicted molar refractivity (Wildman–Crippen MR) is 86.1 cm³/mol. The molecule has 0 aromatic heterocycles. The molecular formula is C15H33NO2S. The Kier molecular flexibility index (Phi) is 16.5. The summed E-state index contributed by atoms with van der Waals surface area (Å²) in [5, 5.41) is 12.9. The van der Waals surface area contributed by atoms with Crippen molar-refractivity contribution < 1.29 is 9.84 Å². The number of hydrogen-bond acceptors (Lipinski definition) is 4. The van der Waals surface area contributed by atoms with Crippen molar-refractivity contribution in [3.63, 3.8) is 0 Å². The first-order valence-electron chi connectivity index (χ1n) is 7.76. The highest BCUT2D eigenvalue weighted by Gasteiger charge is 2.03. The number of hydrogen-bond donors (Lipinski definition) is 2. The number of nitrogens with one attached hydrogen (secondary N) is 1. The zero-order valence-corrected chi connectivity index (χ0v) is 13.6. The van der Waals surface area contributed by atoms with E-state index in [0.29, 0.717) is 13.2 Å². The topological polar surface area (TPSA) is 41.5 Å². The van der Waals surface area contributed by atoms with Crippen LogP contribution < -0.4 is 5.32 Å². The SMILES string of the molecule is CCCCCCCCOCC(O)CNCCCSC. The van der Waals surface area contributed by atoms with Gasteiger partial charge in [-0.05, 0) is 31.4 Å². The van der Waals surface area contributed by atoms with E-state index < -0.39 is 0 Å². The fraction of sp³-hybridized carbons (Fsp3) is 1.00. The molecule has 0 heterocycles. The maximum atomic E-state index is 9.69. The normalized spacial score (nSPS) is 12.8. The van der Waals surface area contributed by atoms with Gasteiger partial charge in [0.2, 0.25) is 0 Å². The van der Waals surface area contributed by atoms with Gasteiger partial charge in [0, 0.05) is 13.2 Å². The van der Waals surface area contributed by atoms with E-state index in [9.17, 15) is 5.11 Å². The summed E-state index contributed by atoms with van der Waals surface area (Å²) in [6, 6.07) is 0. The van der Waals surface area contributed by atoms with Gasteiger partial charge in [0.15, 0.2) is 0 Å². The van der Waals surface area contributed by atoms with Gasteiger partial charge in [-0.2, -0.15) is 11.8 Å². The third-order valence-electron chi connectivity index (χ3n) is 3.03. The van der Waals surface area contributed by atoms with Crippen molar-refractivity contribution in [2.75, 3.05) is 38.3 Å². The Hall–Kier alpha value is 0.230. The van der Waals surface area contributed by atoms with Gasteiger partial charge in [0.25, 0.3) is 0 Å². The van der Waals surface area contributed by atoms with Crippen LogP contribution in [0.3, 0.4) is 0 Å². The number of rotatable bonds is 15. The van der Waals surface area contributed by atoms with E-state index in [2.05, 4.69) is 18.5 Å². The van der Waals surface area contributed by atoms with Crippen LogP contribution in [0, 0.1) is 0 Å². The summed E-state index contributed by atoms with van der Waals surface area (Å²) in [5.74, 6) is 1.18. The Bertz CT molecular complexity index is 170. The first-order valence-corrected chi connectivity index (χ1v) is 9.16. The highest BCUT2D eigenvalue weighted by molar-refractivity contribution is 7.98. The number of aliphatic hydroxyl groups is 1. The van der Waals surface area contributed by atoms with Gasteiger partial charge < -0.3 is 15.2 Å². The summed E-state index contributed by atoms with van der Waals surface area (Å²) >= 11 is 1.86. The molecule has 0 aromatic rings. The fourth-order valence-corrected chi connectivity index (χ4v) is 2.31. The summed E-state index contributed by atoms with van der Waals surface area (Å²) in [6.45, 7) is 5.11. The Morgan fingerprint density at radius 1 is 1.11 bits per heavy atom. The van der Waals surface area contributed by atoms with Crippen molar-refractivity contribution in [2.24, 2.45) is 0 Å². The molecule has 0 fully saturated rings. The third kappa shape index (κ3) is 16.2. The molecule has 3 nitrogen and oxygen atoms in total. The van der Waals surface area contributed by atoms with Gasteiger partial charge in [0.1, 0.15) is 0 Å². The maximum absolute atomic E-state index is 9.69. The standard InChI is InChI=1S/C15H33NO2S/c1-3-4-5-6-7-8-11-18-14-15(17)13-16-10-9-12-19-2/h15-17H,3-14H2,1-2H3. The van der Waals surface area contributed by atoms with E-state index in [1.54, 1.807) is 0 Å². The molecule has 116 valence electrons. The molecular weight excluding hydrogens is 258 g/mol. The number of thioether (sulfide) groups is 1. The lowest BCUT2D eigenvalue weighted by Gasteiger charge is -2.12. The van der Waals surface area contributed by atoms with Crippen LogP contribution in [0.1, 0.15) is 51.9 Å². The van der Waals surface area contributed by atoms with Gasteiger partial charge >= 0.3 is 0 Å². The molecule has 0 bridgehead atoms. The van der Waals surface area contributed by atoms with E-state index in [1.807, 2.05) is 11.8 Å². The second-order valence-corrected chi connectivity index (χ2v) is 6.03. The first-order chi connectivity index (χ1) is 9.31. The monoisotopic (exact) mass is 291 g/mol. The van der Waals surface area contributed by atoms with E-state index in [4.69, 9.17) is 4.74 Å². The predicted octanol–water partition coefficient (Wildman–Crippen LogP) is 3.07. The van der Waals surface area contributed by atoms with Crippen molar-refractivity contribution in [1.29, 1.82) is 0 Å². The minimum absolute atomic E-state index is 0.366. The lowest BCUT2D eigenvalue weighted by atomic mass is 10.1. The first kappa shape index (κ1) is 19.2. The van der Waals surface area contributed by atoms with Crippen LogP contribution in [0.25, 0.3) is 0 Å². The highest BCUT2D eigenvalue weighted by Crippen LogP contribution is 2.04. The summed E-state index contributed by atoms with van der Waals surface area (Å²) in [6.07, 6.45) is 10.6. The van der Waals surface area contributed by atoms with Crippen LogP contribution in [0.4, 0.5) is 0 Å². The Morgan fingerprint density at radius 3 is 2.58 bits per heavy atom. The van der Waals surface area contributed by atoms with Gasteiger partial charge in [-0.15, -0.1) is 0 Å². The number of unbranched alkanes of at least 4 members (excludes halogenated alkanes) is 5. The molecule has 0 spiro atoms. The number of ether oxygens (including phenoxy) is 1. The third-order valence-corrected chi connectivity index (χ3v) is 3.73. The fourth-order valence-electron chi connectivity index (χ4n) is 1.87. The average Bonchev–Trinajstić information content (AvgIpc) is 2.41. The molecule has 1 unspecified atom stereocenters. The van der Waals surface area contributed by atoms with E-state index >= 15 is 0 Å². The molecule has 0 saturated heterocycles. The van der Waals surface area contributed by atoms with Gasteiger partial charge in [0.05, 0.1) is 12.7 Å². The second kappa shape index (κ2) is 16.3. The van der Waals surface area contributed by atoms with Crippen LogP contribution in [0.15, 0.2) is 0 Å². The lowest BCUT2D eigenvalue weighted by molar-refractivity contribution is 0.0355. The average molecular weight is 292 g/mol. The molecule has 4 heteroatoms. The molecule has 1 atom stereocenters. The van der Waals surface area contributed by atoms with Crippen molar-refractivity contribution in [3.8, 4) is 0 Å². The van der Waals surface area contributed by atoms with Crippen molar-refractivity contribution in [2.45, 2.75) is 58.0 Å². The van der Waals surface area contributed by atoms with E-state index in [1.165, 1.54) is 37.9 Å². The minimum atomic E-state index is -0.366. The van der Waals surface area contributed by atoms with Crippen LogP contribution in [0.2, 0.25) is 0 Å². The van der Waals surface area contributed by atoms with Crippen LogP contribution in [-0.2, 0) is 4.74 Å². The smallest absolute Gasteiger partial charge is 0.0897 e. The molecule has 0 radical (unpaired) electrons. The van der Waals surface area contributed by atoms with Crippen LogP contribution in [-0.4, -0.2) is 49.5 Å². The summed E-state index contributed by atoms with van der Waals surface area (Å²) in [4.78, 5) is 0. The van der Waals surface area contributed by atoms with Gasteiger partial charge in [-0.3, -0.25) is 0 Å². The lowest BCUT2D eigenvalue weighted by Crippen LogP contribution is -2.31. The van der Waals surface area contributed by atoms with Crippen LogP contribution in [0.5, 0.6) is 0 Å². The van der Waals surface area contributed by atoms with Crippen molar-refractivity contribution in [1.82, 2.24) is 5.32 Å². The van der Waals surface area contributed by atoms with Crippen LogP contribution >= 0.6 is 11.8 Å². The van der Waals surface area contributed by atoms with Gasteiger partial charge in [-0.25, -0.2) is 0 Å². The van der Waals surface area contributed by atoms with E-state index in [-0.39, 0.29) is 6.10 Å². The Morgan fingerprint density at radius 2 is 1.84 bits per heavy atom. The quantitative estimate of drug-likeness (QED) is 0.455. The molecule has 2 N–H and O–H groups in total. The molecule has 0 aromatic carbocycles. The molecule has 0 rings (SSSR count). The molecule has 0 aliphatic rings. The summed E-state index contributed by atoms with van der Waals surface area (Å²) in [7, 11) is 0. The second-order valence-electron chi connectivity index (χ2n) is 5.05. The molecule has 0 saturated carbocycles. The van der Waals surface area contributed by atoms with E-state index in [0.717, 1.165) is 26.0 Å². The summed E-state index contributed by atoms with van der Waals surface area (Å²) in [5.41, 5.74) is 0. The molecule has 0 aliphatic carbocycles. The van der Waals surface area contributed by atoms with Gasteiger partial charge in [-0.1, -0.05) is 39.0 Å². The minimum Gasteiger partial charge on any atom is -0.389 e. The van der Waals surface area contributed by atoms with Crippen molar-refractivity contribution in [3.05, 3.63) is 0 Å². The Balaban J connectivity index is 3.09. The zero-order valence-electron chi connectivity index (χ0n) is 12.8. The maximum Gasteiger partial charge on any atom is 0.0897 e.